The van der Waals surface area contributed by atoms with Crippen LogP contribution in [0.4, 0.5) is 0 Å². The second-order valence-corrected chi connectivity index (χ2v) is 6.59. The Balaban J connectivity index is 1.80. The molecule has 96 valence electrons. The number of rotatable bonds is 5. The van der Waals surface area contributed by atoms with Crippen LogP contribution in [-0.2, 0) is 11.2 Å². The maximum Gasteiger partial charge on any atom is 0.220 e. The summed E-state index contributed by atoms with van der Waals surface area (Å²) in [6.07, 6.45) is 1.33. The van der Waals surface area contributed by atoms with Gasteiger partial charge in [-0.15, -0.1) is 11.3 Å². The van der Waals surface area contributed by atoms with Crippen molar-refractivity contribution in [2.24, 2.45) is 0 Å². The van der Waals surface area contributed by atoms with Crippen LogP contribution in [0.25, 0.3) is 0 Å². The Hall–Kier alpha value is -0.840. The average molecular weight is 300 g/mol. The predicted molar refractivity (Wildman–Crippen MR) is 78.5 cm³/mol. The zero-order chi connectivity index (χ0) is 13.0. The minimum Gasteiger partial charge on any atom is -0.349 e. The average Bonchev–Trinajstić information content (AvgIpc) is 2.97. The third kappa shape index (κ3) is 3.83. The number of carbonyl (C=O) groups is 1. The molecule has 2 aromatic rings. The molecule has 2 heterocycles. The van der Waals surface area contributed by atoms with Crippen molar-refractivity contribution in [3.8, 4) is 0 Å². The molecule has 0 spiro atoms. The second-order valence-electron chi connectivity index (χ2n) is 4.06. The molecular formula is C13H14ClNOS2. The number of aryl methyl sites for hydroxylation is 1. The van der Waals surface area contributed by atoms with Crippen LogP contribution < -0.4 is 5.32 Å². The highest BCUT2D eigenvalue weighted by Gasteiger charge is 2.11. The first-order chi connectivity index (χ1) is 8.65. The fourth-order valence-electron chi connectivity index (χ4n) is 1.64. The first-order valence-corrected chi connectivity index (χ1v) is 7.84. The zero-order valence-corrected chi connectivity index (χ0v) is 12.4. The van der Waals surface area contributed by atoms with Crippen LogP contribution in [0.1, 0.15) is 29.8 Å². The van der Waals surface area contributed by atoms with Gasteiger partial charge in [0.25, 0.3) is 0 Å². The second kappa shape index (κ2) is 6.36. The molecule has 5 heteroatoms. The van der Waals surface area contributed by atoms with Gasteiger partial charge in [-0.2, -0.15) is 11.3 Å². The Kier molecular flexibility index (Phi) is 4.80. The fourth-order valence-corrected chi connectivity index (χ4v) is 3.40. The lowest BCUT2D eigenvalue weighted by molar-refractivity contribution is -0.121. The van der Waals surface area contributed by atoms with Crippen molar-refractivity contribution in [1.82, 2.24) is 5.32 Å². The number of hydrogen-bond donors (Lipinski definition) is 1. The van der Waals surface area contributed by atoms with Crippen LogP contribution in [0.2, 0.25) is 4.34 Å². The summed E-state index contributed by atoms with van der Waals surface area (Å²) in [7, 11) is 0. The fraction of sp³-hybridized carbons (Fsp3) is 0.308. The van der Waals surface area contributed by atoms with Gasteiger partial charge >= 0.3 is 0 Å². The molecular weight excluding hydrogens is 286 g/mol. The van der Waals surface area contributed by atoms with Gasteiger partial charge in [0.05, 0.1) is 10.4 Å². The Morgan fingerprint density at radius 1 is 1.44 bits per heavy atom. The predicted octanol–water partition coefficient (Wildman–Crippen LogP) is 4.27. The Morgan fingerprint density at radius 2 is 2.28 bits per heavy atom. The molecule has 0 aliphatic heterocycles. The highest BCUT2D eigenvalue weighted by molar-refractivity contribution is 7.16. The molecule has 0 aromatic carbocycles. The van der Waals surface area contributed by atoms with E-state index in [1.165, 1.54) is 16.9 Å². The van der Waals surface area contributed by atoms with E-state index in [1.54, 1.807) is 11.3 Å². The summed E-state index contributed by atoms with van der Waals surface area (Å²) in [5, 5.41) is 7.10. The van der Waals surface area contributed by atoms with Gasteiger partial charge in [0, 0.05) is 11.3 Å². The lowest BCUT2D eigenvalue weighted by Gasteiger charge is -2.11. The van der Waals surface area contributed by atoms with E-state index in [0.717, 1.165) is 15.6 Å². The molecule has 2 rings (SSSR count). The topological polar surface area (TPSA) is 29.1 Å². The van der Waals surface area contributed by atoms with Crippen molar-refractivity contribution < 1.29 is 4.79 Å². The molecule has 0 unspecified atom stereocenters. The lowest BCUT2D eigenvalue weighted by atomic mass is 10.2. The van der Waals surface area contributed by atoms with E-state index in [4.69, 9.17) is 11.6 Å². The molecule has 1 atom stereocenters. The third-order valence-corrected chi connectivity index (χ3v) is 4.77. The first-order valence-electron chi connectivity index (χ1n) is 5.71. The number of carbonyl (C=O) groups excluding carboxylic acids is 1. The van der Waals surface area contributed by atoms with Gasteiger partial charge in [0.15, 0.2) is 0 Å². The van der Waals surface area contributed by atoms with Crippen LogP contribution in [0, 0.1) is 0 Å². The molecule has 1 amide bonds. The van der Waals surface area contributed by atoms with Gasteiger partial charge in [0.1, 0.15) is 0 Å². The number of halogens is 1. The number of thiophene rings is 2. The maximum absolute atomic E-state index is 11.8. The summed E-state index contributed by atoms with van der Waals surface area (Å²) < 4.78 is 0.754. The molecule has 0 fully saturated rings. The highest BCUT2D eigenvalue weighted by Crippen LogP contribution is 2.26. The number of amides is 1. The Bertz CT molecular complexity index is 507. The molecule has 1 N–H and O–H groups in total. The maximum atomic E-state index is 11.8. The molecule has 0 radical (unpaired) electrons. The van der Waals surface area contributed by atoms with Gasteiger partial charge < -0.3 is 5.32 Å². The van der Waals surface area contributed by atoms with Gasteiger partial charge in [-0.3, -0.25) is 4.79 Å². The largest absolute Gasteiger partial charge is 0.349 e. The number of hydrogen-bond acceptors (Lipinski definition) is 3. The van der Waals surface area contributed by atoms with E-state index in [9.17, 15) is 4.79 Å². The summed E-state index contributed by atoms with van der Waals surface area (Å²) in [5.74, 6) is 0.0817. The van der Waals surface area contributed by atoms with Crippen molar-refractivity contribution in [2.45, 2.75) is 25.8 Å². The van der Waals surface area contributed by atoms with Crippen molar-refractivity contribution in [3.63, 3.8) is 0 Å². The first kappa shape index (κ1) is 13.6. The van der Waals surface area contributed by atoms with Crippen LogP contribution in [0.5, 0.6) is 0 Å². The van der Waals surface area contributed by atoms with E-state index in [2.05, 4.69) is 16.8 Å². The van der Waals surface area contributed by atoms with Gasteiger partial charge in [-0.25, -0.2) is 0 Å². The molecule has 18 heavy (non-hydrogen) atoms. The molecule has 0 aliphatic carbocycles. The van der Waals surface area contributed by atoms with Crippen molar-refractivity contribution in [2.75, 3.05) is 0 Å². The molecule has 2 aromatic heterocycles. The Morgan fingerprint density at radius 3 is 2.89 bits per heavy atom. The van der Waals surface area contributed by atoms with Gasteiger partial charge in [-0.05, 0) is 47.9 Å². The van der Waals surface area contributed by atoms with Crippen LogP contribution in [-0.4, -0.2) is 5.91 Å². The molecule has 2 nitrogen and oxygen atoms in total. The SMILES string of the molecule is C[C@H](NC(=O)CCc1ccsc1)c1ccc(Cl)s1. The van der Waals surface area contributed by atoms with Crippen LogP contribution in [0.3, 0.4) is 0 Å². The van der Waals surface area contributed by atoms with Crippen molar-refractivity contribution in [1.29, 1.82) is 0 Å². The summed E-state index contributed by atoms with van der Waals surface area (Å²) in [6.45, 7) is 1.98. The standard InChI is InChI=1S/C13H14ClNOS2/c1-9(11-3-4-12(14)18-11)15-13(16)5-2-10-6-7-17-8-10/h3-4,6-9H,2,5H2,1H3,(H,15,16)/t9-/m0/s1. The zero-order valence-electron chi connectivity index (χ0n) is 9.98. The highest BCUT2D eigenvalue weighted by atomic mass is 35.5. The van der Waals surface area contributed by atoms with Gasteiger partial charge in [-0.1, -0.05) is 11.6 Å². The van der Waals surface area contributed by atoms with E-state index in [1.807, 2.05) is 24.4 Å². The summed E-state index contributed by atoms with van der Waals surface area (Å²) >= 11 is 9.04. The lowest BCUT2D eigenvalue weighted by Crippen LogP contribution is -2.26. The van der Waals surface area contributed by atoms with E-state index < -0.39 is 0 Å². The minimum atomic E-state index is 0.0254. The summed E-state index contributed by atoms with van der Waals surface area (Å²) in [4.78, 5) is 12.9. The van der Waals surface area contributed by atoms with E-state index in [0.29, 0.717) is 6.42 Å². The van der Waals surface area contributed by atoms with Crippen LogP contribution >= 0.6 is 34.3 Å². The third-order valence-electron chi connectivity index (χ3n) is 2.62. The normalized spacial score (nSPS) is 12.3. The van der Waals surface area contributed by atoms with E-state index >= 15 is 0 Å². The summed E-state index contributed by atoms with van der Waals surface area (Å²) in [5.41, 5.74) is 1.22. The van der Waals surface area contributed by atoms with Crippen molar-refractivity contribution in [3.05, 3.63) is 43.7 Å². The van der Waals surface area contributed by atoms with E-state index in [-0.39, 0.29) is 11.9 Å². The molecule has 0 bridgehead atoms. The minimum absolute atomic E-state index is 0.0254. The quantitative estimate of drug-likeness (QED) is 0.877. The molecule has 0 aliphatic rings. The van der Waals surface area contributed by atoms with Gasteiger partial charge in [0.2, 0.25) is 5.91 Å². The number of nitrogens with one attached hydrogen (secondary N) is 1. The smallest absolute Gasteiger partial charge is 0.220 e. The molecule has 0 saturated heterocycles. The van der Waals surface area contributed by atoms with Crippen LogP contribution in [0.15, 0.2) is 29.0 Å². The van der Waals surface area contributed by atoms with Crippen molar-refractivity contribution >= 4 is 40.2 Å². The molecule has 0 saturated carbocycles. The monoisotopic (exact) mass is 299 g/mol. The Labute approximate surface area is 120 Å². The summed E-state index contributed by atoms with van der Waals surface area (Å²) in [6, 6.07) is 5.89.